The third-order valence-corrected chi connectivity index (χ3v) is 5.29. The van der Waals surface area contributed by atoms with Crippen LogP contribution in [0.2, 0.25) is 0 Å². The first-order valence-electron chi connectivity index (χ1n) is 9.65. The highest BCUT2D eigenvalue weighted by atomic mass is 16.4. The third kappa shape index (κ3) is 9.12. The molecule has 0 saturated heterocycles. The van der Waals surface area contributed by atoms with Crippen molar-refractivity contribution in [1.29, 1.82) is 0 Å². The Morgan fingerprint density at radius 3 is 1.87 bits per heavy atom. The number of hydrogen-bond acceptors (Lipinski definition) is 2. The van der Waals surface area contributed by atoms with Gasteiger partial charge in [0, 0.05) is 12.8 Å². The Morgan fingerprint density at radius 1 is 0.913 bits per heavy atom. The van der Waals surface area contributed by atoms with Gasteiger partial charge in [0.15, 0.2) is 0 Å². The van der Waals surface area contributed by atoms with E-state index in [-0.39, 0.29) is 5.78 Å². The van der Waals surface area contributed by atoms with E-state index in [1.165, 1.54) is 38.5 Å². The number of unbranched alkanes of at least 4 members (excludes halogenated alkanes) is 7. The van der Waals surface area contributed by atoms with Gasteiger partial charge in [-0.25, -0.2) is 0 Å². The normalized spacial score (nSPS) is 15.1. The van der Waals surface area contributed by atoms with Gasteiger partial charge in [0.25, 0.3) is 0 Å². The van der Waals surface area contributed by atoms with E-state index in [9.17, 15) is 14.7 Å². The molecule has 0 aromatic carbocycles. The predicted octanol–water partition coefficient (Wildman–Crippen LogP) is 6.00. The van der Waals surface area contributed by atoms with Gasteiger partial charge in [0.05, 0.1) is 5.92 Å². The maximum absolute atomic E-state index is 11.8. The van der Waals surface area contributed by atoms with E-state index >= 15 is 0 Å². The molecule has 0 aromatic rings. The summed E-state index contributed by atoms with van der Waals surface area (Å²) in [5, 5.41) is 9.61. The molecule has 3 heteroatoms. The van der Waals surface area contributed by atoms with Gasteiger partial charge < -0.3 is 5.11 Å². The highest BCUT2D eigenvalue weighted by Crippen LogP contribution is 2.39. The highest BCUT2D eigenvalue weighted by Gasteiger charge is 2.38. The standard InChI is InChI=1S/C20H38O3/c1-5-8-9-10-11-12-13-14-15-18(19(22)23)20(4,7-3)16-17(21)6-2/h18H,5-16H2,1-4H3,(H,22,23). The number of carbonyl (C=O) groups is 2. The molecule has 0 aliphatic rings. The van der Waals surface area contributed by atoms with Crippen molar-refractivity contribution >= 4 is 11.8 Å². The van der Waals surface area contributed by atoms with E-state index < -0.39 is 17.3 Å². The lowest BCUT2D eigenvalue weighted by atomic mass is 9.69. The Labute approximate surface area is 143 Å². The molecular weight excluding hydrogens is 288 g/mol. The molecule has 0 spiro atoms. The van der Waals surface area contributed by atoms with Crippen LogP contribution in [0, 0.1) is 11.3 Å². The second-order valence-electron chi connectivity index (χ2n) is 7.23. The topological polar surface area (TPSA) is 54.4 Å². The second kappa shape index (κ2) is 12.5. The van der Waals surface area contributed by atoms with Crippen LogP contribution in [-0.4, -0.2) is 16.9 Å². The van der Waals surface area contributed by atoms with Crippen molar-refractivity contribution in [1.82, 2.24) is 0 Å². The molecule has 0 amide bonds. The van der Waals surface area contributed by atoms with Crippen molar-refractivity contribution in [2.45, 2.75) is 105 Å². The average Bonchev–Trinajstić information content (AvgIpc) is 2.52. The molecule has 0 heterocycles. The summed E-state index contributed by atoms with van der Waals surface area (Å²) in [4.78, 5) is 23.5. The summed E-state index contributed by atoms with van der Waals surface area (Å²) in [6.45, 7) is 8.06. The summed E-state index contributed by atoms with van der Waals surface area (Å²) in [6, 6.07) is 0. The van der Waals surface area contributed by atoms with Crippen molar-refractivity contribution < 1.29 is 14.7 Å². The van der Waals surface area contributed by atoms with Crippen LogP contribution < -0.4 is 0 Å². The molecule has 2 unspecified atom stereocenters. The molecule has 0 bridgehead atoms. The van der Waals surface area contributed by atoms with Crippen LogP contribution in [0.5, 0.6) is 0 Å². The van der Waals surface area contributed by atoms with Crippen LogP contribution >= 0.6 is 0 Å². The first-order valence-corrected chi connectivity index (χ1v) is 9.65. The monoisotopic (exact) mass is 326 g/mol. The fourth-order valence-electron chi connectivity index (χ4n) is 3.32. The molecule has 0 fully saturated rings. The lowest BCUT2D eigenvalue weighted by molar-refractivity contribution is -0.147. The number of ketones is 1. The van der Waals surface area contributed by atoms with Gasteiger partial charge in [-0.2, -0.15) is 0 Å². The SMILES string of the molecule is CCCCCCCCCCC(C(=O)O)C(C)(CC)CC(=O)CC. The van der Waals surface area contributed by atoms with Gasteiger partial charge >= 0.3 is 5.97 Å². The maximum atomic E-state index is 11.8. The van der Waals surface area contributed by atoms with E-state index in [1.807, 2.05) is 20.8 Å². The number of carboxylic acid groups (broad SMARTS) is 1. The summed E-state index contributed by atoms with van der Waals surface area (Å²) in [7, 11) is 0. The van der Waals surface area contributed by atoms with Gasteiger partial charge in [0.1, 0.15) is 5.78 Å². The first kappa shape index (κ1) is 22.1. The quantitative estimate of drug-likeness (QED) is 0.375. The van der Waals surface area contributed by atoms with E-state index in [1.54, 1.807) is 0 Å². The molecule has 136 valence electrons. The van der Waals surface area contributed by atoms with E-state index in [0.29, 0.717) is 19.3 Å². The minimum atomic E-state index is -0.735. The fraction of sp³-hybridized carbons (Fsp3) is 0.900. The lowest BCUT2D eigenvalue weighted by Crippen LogP contribution is -2.35. The van der Waals surface area contributed by atoms with Gasteiger partial charge in [-0.15, -0.1) is 0 Å². The Bertz CT molecular complexity index is 338. The molecule has 3 nitrogen and oxygen atoms in total. The number of hydrogen-bond donors (Lipinski definition) is 1. The maximum Gasteiger partial charge on any atom is 0.307 e. The summed E-state index contributed by atoms with van der Waals surface area (Å²) < 4.78 is 0. The molecule has 0 rings (SSSR count). The largest absolute Gasteiger partial charge is 0.481 e. The minimum Gasteiger partial charge on any atom is -0.481 e. The first-order chi connectivity index (χ1) is 10.9. The molecular formula is C20H38O3. The third-order valence-electron chi connectivity index (χ3n) is 5.29. The van der Waals surface area contributed by atoms with E-state index in [2.05, 4.69) is 6.92 Å². The van der Waals surface area contributed by atoms with Crippen LogP contribution in [0.4, 0.5) is 0 Å². The summed E-state index contributed by atoms with van der Waals surface area (Å²) in [5.41, 5.74) is -0.403. The molecule has 0 saturated carbocycles. The number of rotatable bonds is 15. The molecule has 23 heavy (non-hydrogen) atoms. The Hall–Kier alpha value is -0.860. The zero-order valence-corrected chi connectivity index (χ0v) is 15.8. The van der Waals surface area contributed by atoms with E-state index in [0.717, 1.165) is 19.3 Å². The van der Waals surface area contributed by atoms with Crippen molar-refractivity contribution in [3.8, 4) is 0 Å². The van der Waals surface area contributed by atoms with Crippen LogP contribution in [-0.2, 0) is 9.59 Å². The van der Waals surface area contributed by atoms with Gasteiger partial charge in [-0.1, -0.05) is 79.1 Å². The van der Waals surface area contributed by atoms with Gasteiger partial charge in [-0.05, 0) is 18.3 Å². The summed E-state index contributed by atoms with van der Waals surface area (Å²) in [5.74, 6) is -0.958. The predicted molar refractivity (Wildman–Crippen MR) is 96.7 cm³/mol. The van der Waals surface area contributed by atoms with Gasteiger partial charge in [0.2, 0.25) is 0 Å². The second-order valence-corrected chi connectivity index (χ2v) is 7.23. The summed E-state index contributed by atoms with van der Waals surface area (Å²) in [6.07, 6.45) is 12.1. The molecule has 0 aliphatic heterocycles. The van der Waals surface area contributed by atoms with Crippen LogP contribution in [0.25, 0.3) is 0 Å². The number of carbonyl (C=O) groups excluding carboxylic acids is 1. The fourth-order valence-corrected chi connectivity index (χ4v) is 3.32. The Kier molecular flexibility index (Phi) is 12.1. The Balaban J connectivity index is 4.29. The van der Waals surface area contributed by atoms with Crippen molar-refractivity contribution in [3.63, 3.8) is 0 Å². The molecule has 0 aliphatic carbocycles. The zero-order valence-electron chi connectivity index (χ0n) is 15.8. The zero-order chi connectivity index (χ0) is 17.7. The van der Waals surface area contributed by atoms with Crippen LogP contribution in [0.1, 0.15) is 105 Å². The average molecular weight is 327 g/mol. The molecule has 0 radical (unpaired) electrons. The van der Waals surface area contributed by atoms with Crippen molar-refractivity contribution in [2.24, 2.45) is 11.3 Å². The molecule has 2 atom stereocenters. The number of Topliss-reactive ketones (excluding diaryl/α,β-unsaturated/α-hetero) is 1. The van der Waals surface area contributed by atoms with Crippen molar-refractivity contribution in [3.05, 3.63) is 0 Å². The minimum absolute atomic E-state index is 0.177. The summed E-state index contributed by atoms with van der Waals surface area (Å²) >= 11 is 0. The van der Waals surface area contributed by atoms with Crippen molar-refractivity contribution in [2.75, 3.05) is 0 Å². The molecule has 1 N–H and O–H groups in total. The van der Waals surface area contributed by atoms with E-state index in [4.69, 9.17) is 0 Å². The Morgan fingerprint density at radius 2 is 1.43 bits per heavy atom. The number of aliphatic carboxylic acids is 1. The lowest BCUT2D eigenvalue weighted by Gasteiger charge is -2.34. The highest BCUT2D eigenvalue weighted by molar-refractivity contribution is 5.80. The molecule has 0 aromatic heterocycles. The number of carboxylic acids is 1. The van der Waals surface area contributed by atoms with Gasteiger partial charge in [-0.3, -0.25) is 9.59 Å². The van der Waals surface area contributed by atoms with Crippen LogP contribution in [0.3, 0.4) is 0 Å². The van der Waals surface area contributed by atoms with Crippen LogP contribution in [0.15, 0.2) is 0 Å². The smallest absolute Gasteiger partial charge is 0.307 e.